The molecule has 0 aliphatic rings. The molecule has 0 saturated carbocycles. The van der Waals surface area contributed by atoms with Crippen LogP contribution < -0.4 is 0 Å². The second-order valence-electron chi connectivity index (χ2n) is 3.93. The van der Waals surface area contributed by atoms with Crippen molar-refractivity contribution in [3.05, 3.63) is 53.5 Å². The SMILES string of the molecule is C=CCCC(CCN=O)OCc1ccccc1. The van der Waals surface area contributed by atoms with Crippen LogP contribution in [0.25, 0.3) is 0 Å². The van der Waals surface area contributed by atoms with E-state index in [2.05, 4.69) is 11.8 Å². The van der Waals surface area contributed by atoms with Crippen molar-refractivity contribution in [2.24, 2.45) is 5.18 Å². The van der Waals surface area contributed by atoms with E-state index in [1.54, 1.807) is 0 Å². The van der Waals surface area contributed by atoms with E-state index in [4.69, 9.17) is 4.74 Å². The first-order valence-corrected chi connectivity index (χ1v) is 5.92. The van der Waals surface area contributed by atoms with Gasteiger partial charge in [-0.3, -0.25) is 0 Å². The molecule has 0 spiro atoms. The molecule has 0 heterocycles. The van der Waals surface area contributed by atoms with Crippen LogP contribution in [0.2, 0.25) is 0 Å². The Labute approximate surface area is 102 Å². The first-order valence-electron chi connectivity index (χ1n) is 5.92. The van der Waals surface area contributed by atoms with Gasteiger partial charge in [0.2, 0.25) is 0 Å². The maximum absolute atomic E-state index is 10.1. The molecular formula is C14H19NO2. The summed E-state index contributed by atoms with van der Waals surface area (Å²) in [6, 6.07) is 10.0. The highest BCUT2D eigenvalue weighted by atomic mass is 16.5. The quantitative estimate of drug-likeness (QED) is 0.482. The van der Waals surface area contributed by atoms with Gasteiger partial charge in [0, 0.05) is 0 Å². The molecule has 1 atom stereocenters. The Morgan fingerprint density at radius 2 is 2.06 bits per heavy atom. The highest BCUT2D eigenvalue weighted by molar-refractivity contribution is 5.13. The van der Waals surface area contributed by atoms with Crippen LogP contribution in [-0.4, -0.2) is 12.6 Å². The number of hydrogen-bond acceptors (Lipinski definition) is 3. The van der Waals surface area contributed by atoms with Crippen molar-refractivity contribution >= 4 is 0 Å². The van der Waals surface area contributed by atoms with Crippen LogP contribution in [0.4, 0.5) is 0 Å². The van der Waals surface area contributed by atoms with E-state index in [1.807, 2.05) is 36.4 Å². The van der Waals surface area contributed by atoms with E-state index in [1.165, 1.54) is 0 Å². The number of hydrogen-bond donors (Lipinski definition) is 0. The van der Waals surface area contributed by atoms with Crippen LogP contribution >= 0.6 is 0 Å². The van der Waals surface area contributed by atoms with Crippen LogP contribution in [0, 0.1) is 4.91 Å². The molecule has 1 unspecified atom stereocenters. The Balaban J connectivity index is 2.36. The lowest BCUT2D eigenvalue weighted by molar-refractivity contribution is 0.0317. The molecule has 0 N–H and O–H groups in total. The number of nitroso groups, excluding NO2 is 1. The summed E-state index contributed by atoms with van der Waals surface area (Å²) in [5.74, 6) is 0. The second kappa shape index (κ2) is 8.65. The van der Waals surface area contributed by atoms with Gasteiger partial charge in [-0.05, 0) is 24.8 Å². The summed E-state index contributed by atoms with van der Waals surface area (Å²) in [5, 5.41) is 2.88. The first kappa shape index (κ1) is 13.6. The summed E-state index contributed by atoms with van der Waals surface area (Å²) >= 11 is 0. The van der Waals surface area contributed by atoms with Gasteiger partial charge in [-0.25, -0.2) is 0 Å². The van der Waals surface area contributed by atoms with Gasteiger partial charge in [0.25, 0.3) is 0 Å². The van der Waals surface area contributed by atoms with E-state index in [0.717, 1.165) is 18.4 Å². The minimum absolute atomic E-state index is 0.0888. The second-order valence-corrected chi connectivity index (χ2v) is 3.93. The average molecular weight is 233 g/mol. The van der Waals surface area contributed by atoms with Crippen molar-refractivity contribution < 1.29 is 4.74 Å². The van der Waals surface area contributed by atoms with Gasteiger partial charge in [-0.15, -0.1) is 6.58 Å². The Morgan fingerprint density at radius 3 is 2.71 bits per heavy atom. The molecule has 0 fully saturated rings. The van der Waals surface area contributed by atoms with Gasteiger partial charge in [0.1, 0.15) is 0 Å². The molecule has 92 valence electrons. The van der Waals surface area contributed by atoms with E-state index < -0.39 is 0 Å². The largest absolute Gasteiger partial charge is 0.373 e. The molecule has 1 aromatic rings. The number of ether oxygens (including phenoxy) is 1. The molecule has 1 aromatic carbocycles. The summed E-state index contributed by atoms with van der Waals surface area (Å²) < 4.78 is 5.79. The fourth-order valence-electron chi connectivity index (χ4n) is 1.60. The third-order valence-electron chi connectivity index (χ3n) is 2.56. The molecule has 0 aliphatic carbocycles. The lowest BCUT2D eigenvalue weighted by atomic mass is 10.1. The van der Waals surface area contributed by atoms with Crippen LogP contribution in [0.3, 0.4) is 0 Å². The van der Waals surface area contributed by atoms with Crippen molar-refractivity contribution in [2.75, 3.05) is 6.54 Å². The van der Waals surface area contributed by atoms with Crippen molar-refractivity contribution in [3.8, 4) is 0 Å². The monoisotopic (exact) mass is 233 g/mol. The zero-order valence-electron chi connectivity index (χ0n) is 10.0. The van der Waals surface area contributed by atoms with E-state index in [0.29, 0.717) is 19.6 Å². The molecule has 3 heteroatoms. The van der Waals surface area contributed by atoms with Gasteiger partial charge in [-0.2, -0.15) is 4.91 Å². The van der Waals surface area contributed by atoms with Crippen molar-refractivity contribution in [3.63, 3.8) is 0 Å². The maximum atomic E-state index is 10.1. The molecule has 3 nitrogen and oxygen atoms in total. The Bertz CT molecular complexity index is 312. The fraction of sp³-hybridized carbons (Fsp3) is 0.429. The highest BCUT2D eigenvalue weighted by Gasteiger charge is 2.08. The minimum Gasteiger partial charge on any atom is -0.373 e. The Hall–Kier alpha value is -1.48. The Morgan fingerprint density at radius 1 is 1.29 bits per heavy atom. The van der Waals surface area contributed by atoms with Crippen LogP contribution in [-0.2, 0) is 11.3 Å². The number of allylic oxidation sites excluding steroid dienone is 1. The van der Waals surface area contributed by atoms with E-state index >= 15 is 0 Å². The summed E-state index contributed by atoms with van der Waals surface area (Å²) in [6.45, 7) is 4.59. The fourth-order valence-corrected chi connectivity index (χ4v) is 1.60. The number of nitrogens with zero attached hydrogens (tertiary/aromatic N) is 1. The molecule has 0 bridgehead atoms. The molecule has 17 heavy (non-hydrogen) atoms. The van der Waals surface area contributed by atoms with Crippen LogP contribution in [0.15, 0.2) is 48.2 Å². The molecule has 0 radical (unpaired) electrons. The molecule has 0 saturated heterocycles. The molecule has 0 aromatic heterocycles. The van der Waals surface area contributed by atoms with Crippen molar-refractivity contribution in [1.82, 2.24) is 0 Å². The van der Waals surface area contributed by atoms with Crippen molar-refractivity contribution in [1.29, 1.82) is 0 Å². The molecule has 0 aliphatic heterocycles. The third-order valence-corrected chi connectivity index (χ3v) is 2.56. The van der Waals surface area contributed by atoms with Gasteiger partial charge >= 0.3 is 0 Å². The van der Waals surface area contributed by atoms with Crippen LogP contribution in [0.1, 0.15) is 24.8 Å². The lowest BCUT2D eigenvalue weighted by Gasteiger charge is -2.15. The highest BCUT2D eigenvalue weighted by Crippen LogP contribution is 2.11. The molecule has 1 rings (SSSR count). The predicted octanol–water partition coefficient (Wildman–Crippen LogP) is 3.69. The van der Waals surface area contributed by atoms with Crippen LogP contribution in [0.5, 0.6) is 0 Å². The number of rotatable bonds is 9. The summed E-state index contributed by atoms with van der Waals surface area (Å²) in [5.41, 5.74) is 1.15. The summed E-state index contributed by atoms with van der Waals surface area (Å²) in [6.07, 6.45) is 4.44. The minimum atomic E-state index is 0.0888. The average Bonchev–Trinajstić information content (AvgIpc) is 2.39. The molecule has 0 amide bonds. The van der Waals surface area contributed by atoms with Gasteiger partial charge in [0.15, 0.2) is 0 Å². The third kappa shape index (κ3) is 5.97. The predicted molar refractivity (Wildman–Crippen MR) is 69.7 cm³/mol. The normalized spacial score (nSPS) is 12.0. The standard InChI is InChI=1S/C14H19NO2/c1-2-3-9-14(10-11-15-16)17-12-13-7-5-4-6-8-13/h2,4-8,14H,1,3,9-12H2. The topological polar surface area (TPSA) is 38.7 Å². The lowest BCUT2D eigenvalue weighted by Crippen LogP contribution is -2.14. The summed E-state index contributed by atoms with van der Waals surface area (Å²) in [4.78, 5) is 10.1. The first-order chi connectivity index (χ1) is 8.36. The Kier molecular flexibility index (Phi) is 6.91. The van der Waals surface area contributed by atoms with E-state index in [-0.39, 0.29) is 6.10 Å². The zero-order chi connectivity index (χ0) is 12.3. The number of benzene rings is 1. The van der Waals surface area contributed by atoms with E-state index in [9.17, 15) is 4.91 Å². The molecular weight excluding hydrogens is 214 g/mol. The smallest absolute Gasteiger partial charge is 0.0835 e. The van der Waals surface area contributed by atoms with Crippen molar-refractivity contribution in [2.45, 2.75) is 32.0 Å². The van der Waals surface area contributed by atoms with Gasteiger partial charge in [-0.1, -0.05) is 41.6 Å². The van der Waals surface area contributed by atoms with Gasteiger partial charge in [0.05, 0.1) is 19.3 Å². The zero-order valence-corrected chi connectivity index (χ0v) is 10.0. The summed E-state index contributed by atoms with van der Waals surface area (Å²) in [7, 11) is 0. The maximum Gasteiger partial charge on any atom is 0.0835 e. The van der Waals surface area contributed by atoms with Gasteiger partial charge < -0.3 is 4.74 Å².